The third-order valence-corrected chi connectivity index (χ3v) is 21.6. The van der Waals surface area contributed by atoms with E-state index in [4.69, 9.17) is 67.9 Å². The molecular formula is C30H46Cl2N5O6PSSi2. The molecule has 2 N–H and O–H groups in total. The lowest BCUT2D eigenvalue weighted by atomic mass is 10.1. The summed E-state index contributed by atoms with van der Waals surface area (Å²) in [7, 11) is -4.75. The molecule has 1 aromatic carbocycles. The summed E-state index contributed by atoms with van der Waals surface area (Å²) >= 11 is 18.5. The number of hydrogen-bond acceptors (Lipinski definition) is 11. The molecule has 0 saturated carbocycles. The first kappa shape index (κ1) is 37.3. The highest BCUT2D eigenvalue weighted by atomic mass is 35.5. The zero-order valence-electron chi connectivity index (χ0n) is 28.6. The molecule has 4 heterocycles. The van der Waals surface area contributed by atoms with Crippen molar-refractivity contribution in [3.8, 4) is 0 Å². The van der Waals surface area contributed by atoms with E-state index in [1.54, 1.807) is 24.5 Å². The number of ether oxygens (including phenoxy) is 1. The molecule has 0 aliphatic carbocycles. The molecule has 11 nitrogen and oxygen atoms in total. The van der Waals surface area contributed by atoms with Crippen LogP contribution in [0.25, 0.3) is 11.2 Å². The minimum Gasteiger partial charge on any atom is -0.408 e. The van der Waals surface area contributed by atoms with Gasteiger partial charge >= 0.3 is 6.72 Å². The molecule has 3 aromatic rings. The van der Waals surface area contributed by atoms with Gasteiger partial charge in [-0.05, 0) is 66.3 Å². The fraction of sp³-hybridized carbons (Fsp3) is 0.633. The summed E-state index contributed by atoms with van der Waals surface area (Å²) in [5.74, 6) is 0.283. The summed E-state index contributed by atoms with van der Waals surface area (Å²) in [5.41, 5.74) is 7.88. The van der Waals surface area contributed by atoms with E-state index in [9.17, 15) is 0 Å². The van der Waals surface area contributed by atoms with Gasteiger partial charge in [0.2, 0.25) is 0 Å². The minimum absolute atomic E-state index is 0.0458. The van der Waals surface area contributed by atoms with E-state index < -0.39 is 54.0 Å². The monoisotopic (exact) mass is 761 g/mol. The Hall–Kier alpha value is -1.01. The van der Waals surface area contributed by atoms with E-state index in [1.165, 1.54) is 6.33 Å². The maximum Gasteiger partial charge on any atom is 0.328 e. The van der Waals surface area contributed by atoms with Crippen molar-refractivity contribution >= 4 is 75.3 Å². The number of nitrogens with zero attached hydrogens (tertiary/aromatic N) is 4. The molecule has 0 bridgehead atoms. The van der Waals surface area contributed by atoms with Gasteiger partial charge < -0.3 is 28.4 Å². The Labute approximate surface area is 294 Å². The van der Waals surface area contributed by atoms with Crippen LogP contribution in [0.4, 0.5) is 5.82 Å². The van der Waals surface area contributed by atoms with E-state index >= 15 is 0 Å². The molecule has 0 amide bonds. The molecule has 5 rings (SSSR count). The molecule has 2 fully saturated rings. The Morgan fingerprint density at radius 2 is 1.64 bits per heavy atom. The highest BCUT2D eigenvalue weighted by Gasteiger charge is 2.55. The average Bonchev–Trinajstić information content (AvgIpc) is 3.64. The van der Waals surface area contributed by atoms with Gasteiger partial charge in [-0.2, -0.15) is 0 Å². The lowest BCUT2D eigenvalue weighted by Crippen LogP contribution is -2.54. The Kier molecular flexibility index (Phi) is 10.5. The fourth-order valence-electron chi connectivity index (χ4n) is 4.94. The predicted octanol–water partition coefficient (Wildman–Crippen LogP) is 8.42. The molecule has 17 heteroatoms. The van der Waals surface area contributed by atoms with Crippen molar-refractivity contribution in [2.45, 2.75) is 108 Å². The number of benzene rings is 1. The molecule has 260 valence electrons. The first-order valence-corrected chi connectivity index (χ1v) is 24.7. The molecule has 47 heavy (non-hydrogen) atoms. The topological polar surface area (TPSA) is 125 Å². The van der Waals surface area contributed by atoms with E-state index in [0.717, 1.165) is 0 Å². The van der Waals surface area contributed by atoms with E-state index in [2.05, 4.69) is 82.7 Å². The maximum absolute atomic E-state index is 7.20. The second-order valence-corrected chi connectivity index (χ2v) is 28.5. The number of hydrogen-bond donors (Lipinski definition) is 1. The van der Waals surface area contributed by atoms with Crippen molar-refractivity contribution in [3.05, 3.63) is 46.5 Å². The second-order valence-electron chi connectivity index (χ2n) is 15.1. The predicted molar refractivity (Wildman–Crippen MR) is 194 cm³/mol. The Morgan fingerprint density at radius 3 is 2.28 bits per heavy atom. The molecule has 0 radical (unpaired) electrons. The first-order valence-electron chi connectivity index (χ1n) is 15.6. The number of nitrogens with two attached hydrogens (primary N) is 1. The number of anilines is 1. The SMILES string of the molecule is CC(C)(C)[Si](C)(C)O[C@@H]1[C@H](O[Si](C)(C)C(C)(C)C)[C@@H](COP2(=S)OC[C@H](c3cc(Cl)ccc3Cl)O2)O[C@H]1n1cnc2c(N)ncnc21. The van der Waals surface area contributed by atoms with Gasteiger partial charge in [-0.3, -0.25) is 9.09 Å². The van der Waals surface area contributed by atoms with E-state index in [0.29, 0.717) is 26.8 Å². The molecule has 2 saturated heterocycles. The summed E-state index contributed by atoms with van der Waals surface area (Å²) in [5, 5.41) is 0.875. The highest BCUT2D eigenvalue weighted by Crippen LogP contribution is 2.60. The molecule has 0 spiro atoms. The van der Waals surface area contributed by atoms with Crippen molar-refractivity contribution in [3.63, 3.8) is 0 Å². The smallest absolute Gasteiger partial charge is 0.328 e. The highest BCUT2D eigenvalue weighted by molar-refractivity contribution is 8.07. The van der Waals surface area contributed by atoms with Crippen molar-refractivity contribution in [2.75, 3.05) is 18.9 Å². The van der Waals surface area contributed by atoms with Gasteiger partial charge in [0.05, 0.1) is 19.5 Å². The standard InChI is InChI=1S/C30H46Cl2N5O6PSSi2/c1-29(2,3)46(7,8)42-24-22(15-39-44(45)38-14-21(41-44)19-13-18(31)11-12-20(19)32)40-28(25(24)43-47(9,10)30(4,5)6)37-17-36-23-26(33)34-16-35-27(23)37/h11-13,16-17,21-22,24-25,28H,14-15H2,1-10H3,(H2,33,34,35)/t21-,22-,24-,25-,28-,44?/m1/s1. The van der Waals surface area contributed by atoms with Gasteiger partial charge in [-0.1, -0.05) is 64.7 Å². The van der Waals surface area contributed by atoms with Crippen molar-refractivity contribution < 1.29 is 27.2 Å². The number of nitrogen functional groups attached to an aromatic ring is 1. The number of halogens is 2. The lowest BCUT2D eigenvalue weighted by molar-refractivity contribution is -0.0468. The van der Waals surface area contributed by atoms with Gasteiger partial charge in [0.25, 0.3) is 0 Å². The Balaban J connectivity index is 1.50. The van der Waals surface area contributed by atoms with Crippen LogP contribution in [0.1, 0.15) is 59.4 Å². The fourth-order valence-corrected chi connectivity index (χ4v) is 9.97. The van der Waals surface area contributed by atoms with Crippen molar-refractivity contribution in [1.82, 2.24) is 19.5 Å². The average molecular weight is 763 g/mol. The van der Waals surface area contributed by atoms with E-state index in [-0.39, 0.29) is 29.1 Å². The van der Waals surface area contributed by atoms with Gasteiger partial charge in [0.15, 0.2) is 34.3 Å². The van der Waals surface area contributed by atoms with Gasteiger partial charge in [-0.15, -0.1) is 0 Å². The van der Waals surface area contributed by atoms with Crippen LogP contribution in [-0.2, 0) is 39.0 Å². The van der Waals surface area contributed by atoms with Crippen LogP contribution < -0.4 is 5.73 Å². The zero-order valence-corrected chi connectivity index (χ0v) is 33.8. The second kappa shape index (κ2) is 13.3. The molecule has 2 aliphatic heterocycles. The Morgan fingerprint density at radius 1 is 1.00 bits per heavy atom. The normalized spacial score (nSPS) is 27.6. The quantitative estimate of drug-likeness (QED) is 0.167. The summed E-state index contributed by atoms with van der Waals surface area (Å²) in [6.07, 6.45) is 0.265. The largest absolute Gasteiger partial charge is 0.408 e. The van der Waals surface area contributed by atoms with Crippen LogP contribution in [0.5, 0.6) is 0 Å². The third kappa shape index (κ3) is 7.69. The maximum atomic E-state index is 7.20. The van der Waals surface area contributed by atoms with Crippen LogP contribution in [0.15, 0.2) is 30.9 Å². The van der Waals surface area contributed by atoms with Gasteiger partial charge in [0, 0.05) is 15.6 Å². The minimum atomic E-state index is -3.18. The number of fused-ring (bicyclic) bond motifs is 1. The molecule has 1 unspecified atom stereocenters. The van der Waals surface area contributed by atoms with Crippen molar-refractivity contribution in [1.29, 1.82) is 0 Å². The summed E-state index contributed by atoms with van der Waals surface area (Å²) in [6.45, 7) is 19.1. The van der Waals surface area contributed by atoms with Crippen LogP contribution in [0.2, 0.25) is 46.3 Å². The van der Waals surface area contributed by atoms with Crippen molar-refractivity contribution in [2.24, 2.45) is 0 Å². The van der Waals surface area contributed by atoms with Gasteiger partial charge in [-0.25, -0.2) is 15.0 Å². The van der Waals surface area contributed by atoms with Crippen LogP contribution in [0, 0.1) is 0 Å². The molecule has 2 aliphatic rings. The lowest BCUT2D eigenvalue weighted by Gasteiger charge is -2.44. The van der Waals surface area contributed by atoms with Crippen LogP contribution in [0.3, 0.4) is 0 Å². The van der Waals surface area contributed by atoms with Crippen LogP contribution in [-0.4, -0.2) is 67.7 Å². The molecule has 6 atom stereocenters. The number of rotatable bonds is 9. The summed E-state index contributed by atoms with van der Waals surface area (Å²) in [6, 6.07) is 5.20. The zero-order chi connectivity index (χ0) is 34.7. The summed E-state index contributed by atoms with van der Waals surface area (Å²) < 4.78 is 41.7. The molecule has 2 aromatic heterocycles. The third-order valence-electron chi connectivity index (χ3n) is 9.76. The first-order chi connectivity index (χ1) is 21.6. The Bertz CT molecular complexity index is 1670. The van der Waals surface area contributed by atoms with Crippen LogP contribution >= 0.6 is 29.9 Å². The number of imidazole rings is 1. The number of aromatic nitrogens is 4. The summed E-state index contributed by atoms with van der Waals surface area (Å²) in [4.78, 5) is 13.2. The van der Waals surface area contributed by atoms with Gasteiger partial charge in [0.1, 0.15) is 36.3 Å². The molecular weight excluding hydrogens is 716 g/mol. The van der Waals surface area contributed by atoms with E-state index in [1.807, 2.05) is 4.57 Å².